The highest BCUT2D eigenvalue weighted by molar-refractivity contribution is 7.52. The number of hydroxylamine groups is 2. The number of hydrogen-bond donors (Lipinski definition) is 3. The summed E-state index contributed by atoms with van der Waals surface area (Å²) < 4.78 is 23.4. The smallest absolute Gasteiger partial charge is 0.448 e. The first kappa shape index (κ1) is 33.3. The molecule has 2 atom stereocenters. The number of aromatic nitrogens is 2. The summed E-state index contributed by atoms with van der Waals surface area (Å²) in [5, 5.41) is 12.7. The molecule has 0 saturated carbocycles. The van der Waals surface area contributed by atoms with E-state index < -0.39 is 37.8 Å². The topological polar surface area (TPSA) is 184 Å². The standard InChI is InChI=1S/C28H39N6O9P/c1-3-4-14-42-44(39,40)19-23(27(36)32-10-12-34(13-11-32)43-28(37)38)30-26(35)22-15-24(33-16-20(17-33)18-41-2)31-25(29-22)21-8-6-5-7-9-21/h5-9,15,20,23H,3-4,10-14,16-19H2,1-2H3,(H,30,35)(H,37,38)(H,39,40)/t23-/m0/s1. The van der Waals surface area contributed by atoms with Crippen molar-refractivity contribution >= 4 is 31.4 Å². The fourth-order valence-electron chi connectivity index (χ4n) is 4.91. The van der Waals surface area contributed by atoms with Crippen molar-refractivity contribution in [2.75, 3.05) is 70.7 Å². The Morgan fingerprint density at radius 1 is 1.11 bits per heavy atom. The van der Waals surface area contributed by atoms with Gasteiger partial charge in [-0.25, -0.2) is 14.8 Å². The Balaban J connectivity index is 1.57. The first-order valence-corrected chi connectivity index (χ1v) is 16.2. The van der Waals surface area contributed by atoms with E-state index in [1.807, 2.05) is 42.2 Å². The second-order valence-corrected chi connectivity index (χ2v) is 12.6. The predicted octanol–water partition coefficient (Wildman–Crippen LogP) is 2.08. The highest BCUT2D eigenvalue weighted by Crippen LogP contribution is 2.43. The van der Waals surface area contributed by atoms with Crippen molar-refractivity contribution in [3.8, 4) is 11.4 Å². The maximum Gasteiger partial charge on any atom is 0.525 e. The van der Waals surface area contributed by atoms with Gasteiger partial charge in [0.1, 0.15) is 17.6 Å². The largest absolute Gasteiger partial charge is 0.525 e. The third-order valence-corrected chi connectivity index (χ3v) is 8.64. The summed E-state index contributed by atoms with van der Waals surface area (Å²) in [7, 11) is -2.64. The number of nitrogens with zero attached hydrogens (tertiary/aromatic N) is 5. The molecule has 3 N–H and O–H groups in total. The van der Waals surface area contributed by atoms with Gasteiger partial charge in [-0.1, -0.05) is 43.7 Å². The quantitative estimate of drug-likeness (QED) is 0.203. The van der Waals surface area contributed by atoms with Gasteiger partial charge in [0.15, 0.2) is 5.82 Å². The normalized spacial score (nSPS) is 17.8. The number of carbonyl (C=O) groups excluding carboxylic acids is 2. The number of rotatable bonds is 14. The van der Waals surface area contributed by atoms with Crippen LogP contribution in [0.5, 0.6) is 0 Å². The van der Waals surface area contributed by atoms with E-state index in [0.29, 0.717) is 49.2 Å². The van der Waals surface area contributed by atoms with Crippen molar-refractivity contribution in [1.29, 1.82) is 0 Å². The molecule has 240 valence electrons. The summed E-state index contributed by atoms with van der Waals surface area (Å²) in [6, 6.07) is 9.27. The molecule has 0 radical (unpaired) electrons. The SMILES string of the molecule is CCCCOP(=O)(O)C[C@H](NC(=O)c1cc(N2CC(COC)C2)nc(-c2ccccc2)n1)C(=O)N1CCN(OC(=O)O)CC1. The minimum atomic E-state index is -4.28. The van der Waals surface area contributed by atoms with Crippen LogP contribution in [-0.4, -0.2) is 120 Å². The van der Waals surface area contributed by atoms with Gasteiger partial charge in [-0.2, -0.15) is 0 Å². The van der Waals surface area contributed by atoms with E-state index in [-0.39, 0.29) is 38.5 Å². The first-order valence-electron chi connectivity index (χ1n) is 14.5. The molecule has 2 aromatic rings. The fourth-order valence-corrected chi connectivity index (χ4v) is 6.14. The summed E-state index contributed by atoms with van der Waals surface area (Å²) >= 11 is 0. The number of unbranched alkanes of at least 4 members (excludes halogenated alkanes) is 1. The molecular weight excluding hydrogens is 595 g/mol. The minimum absolute atomic E-state index is 0.0128. The number of carbonyl (C=O) groups is 3. The molecule has 1 aromatic carbocycles. The fraction of sp³-hybridized carbons (Fsp3) is 0.536. The molecule has 1 unspecified atom stereocenters. The van der Waals surface area contributed by atoms with Crippen LogP contribution in [0.4, 0.5) is 10.6 Å². The molecule has 2 fully saturated rings. The molecule has 2 aliphatic rings. The Bertz CT molecular complexity index is 1340. The second-order valence-electron chi connectivity index (χ2n) is 10.7. The van der Waals surface area contributed by atoms with Crippen LogP contribution in [0.2, 0.25) is 0 Å². The lowest BCUT2D eigenvalue weighted by atomic mass is 10.0. The summed E-state index contributed by atoms with van der Waals surface area (Å²) in [5.41, 5.74) is 0.678. The van der Waals surface area contributed by atoms with Gasteiger partial charge in [0.2, 0.25) is 5.91 Å². The first-order chi connectivity index (χ1) is 21.1. The molecular formula is C28H39N6O9P. The summed E-state index contributed by atoms with van der Waals surface area (Å²) in [6.07, 6.45) is -0.826. The van der Waals surface area contributed by atoms with Crippen LogP contribution < -0.4 is 10.2 Å². The van der Waals surface area contributed by atoms with Crippen molar-refractivity contribution in [2.45, 2.75) is 25.8 Å². The van der Waals surface area contributed by atoms with Gasteiger partial charge in [0.25, 0.3) is 5.91 Å². The molecule has 15 nitrogen and oxygen atoms in total. The van der Waals surface area contributed by atoms with E-state index in [0.717, 1.165) is 6.42 Å². The van der Waals surface area contributed by atoms with E-state index in [9.17, 15) is 23.8 Å². The number of anilines is 1. The Labute approximate surface area is 255 Å². The van der Waals surface area contributed by atoms with Crippen LogP contribution >= 0.6 is 7.60 Å². The summed E-state index contributed by atoms with van der Waals surface area (Å²) in [6.45, 7) is 4.25. The Morgan fingerprint density at radius 2 is 1.82 bits per heavy atom. The summed E-state index contributed by atoms with van der Waals surface area (Å²) in [5.74, 6) is -0.160. The zero-order valence-corrected chi connectivity index (χ0v) is 25.7. The van der Waals surface area contributed by atoms with Gasteiger partial charge in [0, 0.05) is 50.8 Å². The van der Waals surface area contributed by atoms with E-state index >= 15 is 0 Å². The van der Waals surface area contributed by atoms with Crippen molar-refractivity contribution in [2.24, 2.45) is 5.92 Å². The van der Waals surface area contributed by atoms with Crippen molar-refractivity contribution in [1.82, 2.24) is 25.2 Å². The molecule has 2 amide bonds. The van der Waals surface area contributed by atoms with Crippen molar-refractivity contribution in [3.05, 3.63) is 42.1 Å². The van der Waals surface area contributed by atoms with Crippen molar-refractivity contribution in [3.63, 3.8) is 0 Å². The molecule has 1 aromatic heterocycles. The number of nitrogens with one attached hydrogen (secondary N) is 1. The second kappa shape index (κ2) is 15.4. The van der Waals surface area contributed by atoms with E-state index in [1.54, 1.807) is 7.11 Å². The van der Waals surface area contributed by atoms with Crippen LogP contribution in [0.3, 0.4) is 0 Å². The molecule has 3 heterocycles. The molecule has 2 aliphatic heterocycles. The molecule has 4 rings (SSSR count). The lowest BCUT2D eigenvalue weighted by Crippen LogP contribution is -2.56. The van der Waals surface area contributed by atoms with Gasteiger partial charge >= 0.3 is 13.8 Å². The molecule has 0 aliphatic carbocycles. The molecule has 16 heteroatoms. The lowest BCUT2D eigenvalue weighted by molar-refractivity contribution is -0.154. The van der Waals surface area contributed by atoms with Crippen LogP contribution in [0.25, 0.3) is 11.4 Å². The molecule has 0 spiro atoms. The predicted molar refractivity (Wildman–Crippen MR) is 159 cm³/mol. The van der Waals surface area contributed by atoms with Crippen LogP contribution in [-0.2, 0) is 23.5 Å². The third-order valence-electron chi connectivity index (χ3n) is 7.23. The Hall–Kier alpha value is -3.62. The molecule has 2 saturated heterocycles. The Kier molecular flexibility index (Phi) is 11.6. The number of benzene rings is 1. The number of ether oxygens (including phenoxy) is 1. The number of carboxylic acid groups (broad SMARTS) is 1. The zero-order valence-electron chi connectivity index (χ0n) is 24.8. The zero-order chi connectivity index (χ0) is 31.7. The lowest BCUT2D eigenvalue weighted by Gasteiger charge is -2.40. The third kappa shape index (κ3) is 9.19. The van der Waals surface area contributed by atoms with E-state index in [1.165, 1.54) is 16.0 Å². The highest BCUT2D eigenvalue weighted by atomic mass is 31.2. The van der Waals surface area contributed by atoms with Crippen LogP contribution in [0.1, 0.15) is 30.3 Å². The minimum Gasteiger partial charge on any atom is -0.448 e. The number of methoxy groups -OCH3 is 1. The van der Waals surface area contributed by atoms with Crippen molar-refractivity contribution < 1.29 is 43.0 Å². The van der Waals surface area contributed by atoms with Gasteiger partial charge in [-0.15, -0.1) is 5.06 Å². The van der Waals surface area contributed by atoms with Gasteiger partial charge in [-0.3, -0.25) is 14.2 Å². The Morgan fingerprint density at radius 3 is 2.45 bits per heavy atom. The van der Waals surface area contributed by atoms with Gasteiger partial charge < -0.3 is 39.2 Å². The number of amides is 2. The van der Waals surface area contributed by atoms with E-state index in [4.69, 9.17) is 14.4 Å². The molecule has 44 heavy (non-hydrogen) atoms. The van der Waals surface area contributed by atoms with Crippen LogP contribution in [0.15, 0.2) is 36.4 Å². The number of hydrogen-bond acceptors (Lipinski definition) is 11. The van der Waals surface area contributed by atoms with Crippen LogP contribution in [0, 0.1) is 5.92 Å². The monoisotopic (exact) mass is 634 g/mol. The maximum atomic E-state index is 13.7. The summed E-state index contributed by atoms with van der Waals surface area (Å²) in [4.78, 5) is 65.9. The average Bonchev–Trinajstić information content (AvgIpc) is 2.98. The number of piperazine rings is 1. The van der Waals surface area contributed by atoms with E-state index in [2.05, 4.69) is 20.1 Å². The van der Waals surface area contributed by atoms with Gasteiger partial charge in [-0.05, 0) is 6.42 Å². The average molecular weight is 635 g/mol. The maximum absolute atomic E-state index is 13.7. The highest BCUT2D eigenvalue weighted by Gasteiger charge is 2.36. The molecule has 0 bridgehead atoms. The van der Waals surface area contributed by atoms with Gasteiger partial charge in [0.05, 0.1) is 32.5 Å².